The van der Waals surface area contributed by atoms with Crippen LogP contribution in [0.3, 0.4) is 0 Å². The number of amides is 2. The molecular weight excluding hydrogens is 658 g/mol. The van der Waals surface area contributed by atoms with Crippen LogP contribution >= 0.6 is 11.3 Å². The molecular formula is C32H33F3N4O6S2. The third-order valence-corrected chi connectivity index (χ3v) is 10.2. The van der Waals surface area contributed by atoms with Crippen molar-refractivity contribution < 1.29 is 41.0 Å². The minimum Gasteiger partial charge on any atom is -0.434 e. The van der Waals surface area contributed by atoms with Gasteiger partial charge in [0.15, 0.2) is 6.10 Å². The summed E-state index contributed by atoms with van der Waals surface area (Å²) in [6, 6.07) is 16.6. The number of nitrogens with zero attached hydrogens (tertiary/aromatic N) is 3. The number of sulfonamides is 1. The lowest BCUT2D eigenvalue weighted by atomic mass is 10.0. The summed E-state index contributed by atoms with van der Waals surface area (Å²) >= 11 is 1.38. The lowest BCUT2D eigenvalue weighted by Gasteiger charge is -2.31. The number of hydrogen-bond acceptors (Lipinski definition) is 8. The minimum atomic E-state index is -4.64. The summed E-state index contributed by atoms with van der Waals surface area (Å²) in [5, 5.41) is 14.2. The van der Waals surface area contributed by atoms with E-state index in [2.05, 4.69) is 10.3 Å². The number of nitrogens with one attached hydrogen (secondary N) is 1. The number of thiazole rings is 1. The zero-order valence-corrected chi connectivity index (χ0v) is 27.1. The van der Waals surface area contributed by atoms with E-state index in [0.717, 1.165) is 33.4 Å². The highest BCUT2D eigenvalue weighted by Crippen LogP contribution is 2.33. The average molecular weight is 691 g/mol. The van der Waals surface area contributed by atoms with Gasteiger partial charge < -0.3 is 15.2 Å². The molecule has 1 aliphatic heterocycles. The third kappa shape index (κ3) is 8.09. The number of alkyl halides is 3. The Labute approximate surface area is 273 Å². The van der Waals surface area contributed by atoms with Crippen LogP contribution in [0.4, 0.5) is 23.7 Å². The molecule has 250 valence electrons. The predicted molar refractivity (Wildman–Crippen MR) is 170 cm³/mol. The highest BCUT2D eigenvalue weighted by Gasteiger charge is 2.40. The number of fused-ring (bicyclic) bond motifs is 1. The van der Waals surface area contributed by atoms with E-state index in [-0.39, 0.29) is 42.6 Å². The van der Waals surface area contributed by atoms with Crippen molar-refractivity contribution in [3.63, 3.8) is 0 Å². The molecule has 3 atom stereocenters. The van der Waals surface area contributed by atoms with Crippen molar-refractivity contribution in [3.05, 3.63) is 89.4 Å². The molecule has 0 unspecified atom stereocenters. The number of hydrogen-bond donors (Lipinski definition) is 2. The molecule has 0 spiro atoms. The Kier molecular flexibility index (Phi) is 10.2. The van der Waals surface area contributed by atoms with Gasteiger partial charge in [-0.2, -0.15) is 17.5 Å². The van der Waals surface area contributed by atoms with E-state index in [9.17, 15) is 36.3 Å². The van der Waals surface area contributed by atoms with Gasteiger partial charge in [0.25, 0.3) is 5.91 Å². The number of aliphatic hydroxyl groups excluding tert-OH is 1. The summed E-state index contributed by atoms with van der Waals surface area (Å²) in [6.07, 6.45) is -8.35. The first-order chi connectivity index (χ1) is 22.2. The maximum atomic E-state index is 13.8. The minimum absolute atomic E-state index is 0.0138. The number of rotatable bonds is 12. The van der Waals surface area contributed by atoms with Crippen LogP contribution in [0.15, 0.2) is 83.2 Å². The fourth-order valence-electron chi connectivity index (χ4n) is 5.25. The number of cyclic esters (lactones) is 1. The van der Waals surface area contributed by atoms with E-state index in [4.69, 9.17) is 4.74 Å². The molecule has 2 N–H and O–H groups in total. The van der Waals surface area contributed by atoms with Gasteiger partial charge in [0.1, 0.15) is 0 Å². The van der Waals surface area contributed by atoms with Crippen molar-refractivity contribution in [2.45, 2.75) is 49.6 Å². The van der Waals surface area contributed by atoms with E-state index >= 15 is 0 Å². The Morgan fingerprint density at radius 2 is 1.85 bits per heavy atom. The second kappa shape index (κ2) is 14.0. The van der Waals surface area contributed by atoms with Crippen molar-refractivity contribution in [2.75, 3.05) is 24.5 Å². The zero-order valence-electron chi connectivity index (χ0n) is 25.4. The second-order valence-electron chi connectivity index (χ2n) is 11.6. The fourth-order valence-corrected chi connectivity index (χ4v) is 7.55. The number of anilines is 1. The van der Waals surface area contributed by atoms with E-state index in [1.54, 1.807) is 41.9 Å². The molecule has 3 aromatic carbocycles. The van der Waals surface area contributed by atoms with Crippen molar-refractivity contribution in [1.82, 2.24) is 14.6 Å². The summed E-state index contributed by atoms with van der Waals surface area (Å²) in [5.41, 5.74) is 1.83. The van der Waals surface area contributed by atoms with E-state index in [1.807, 2.05) is 13.8 Å². The predicted octanol–water partition coefficient (Wildman–Crippen LogP) is 5.08. The number of halogens is 3. The monoisotopic (exact) mass is 690 g/mol. The molecule has 15 heteroatoms. The normalized spacial score (nSPS) is 16.9. The summed E-state index contributed by atoms with van der Waals surface area (Å²) in [6.45, 7) is 3.02. The van der Waals surface area contributed by atoms with E-state index < -0.39 is 52.0 Å². The average Bonchev–Trinajstić information content (AvgIpc) is 3.66. The molecule has 10 nitrogen and oxygen atoms in total. The van der Waals surface area contributed by atoms with Crippen LogP contribution in [0.2, 0.25) is 0 Å². The Morgan fingerprint density at radius 1 is 1.11 bits per heavy atom. The third-order valence-electron chi connectivity index (χ3n) is 7.58. The Balaban J connectivity index is 1.36. The maximum Gasteiger partial charge on any atom is 0.416 e. The molecule has 0 aliphatic carbocycles. The van der Waals surface area contributed by atoms with Crippen LogP contribution < -0.4 is 10.2 Å². The SMILES string of the molecule is CC(C)CN(C[C@@H](O)[C@H](Cc1ccccc1)NC(=O)[C@@H]1CN(c2cccc(C(F)(F)F)c2)C(=O)O1)S(=O)(=O)c1ccc2scnc2c1. The van der Waals surface area contributed by atoms with Crippen molar-refractivity contribution >= 4 is 49.3 Å². The molecule has 0 saturated carbocycles. The number of aromatic nitrogens is 1. The van der Waals surface area contributed by atoms with Crippen LogP contribution in [-0.4, -0.2) is 72.7 Å². The van der Waals surface area contributed by atoms with Gasteiger partial charge in [-0.25, -0.2) is 18.2 Å². The maximum absolute atomic E-state index is 13.8. The van der Waals surface area contributed by atoms with Crippen molar-refractivity contribution in [2.24, 2.45) is 5.92 Å². The first-order valence-corrected chi connectivity index (χ1v) is 17.1. The van der Waals surface area contributed by atoms with Gasteiger partial charge in [-0.1, -0.05) is 50.2 Å². The van der Waals surface area contributed by atoms with Gasteiger partial charge >= 0.3 is 12.3 Å². The quantitative estimate of drug-likeness (QED) is 0.212. The van der Waals surface area contributed by atoms with Crippen LogP contribution in [0.1, 0.15) is 25.0 Å². The first-order valence-electron chi connectivity index (χ1n) is 14.7. The number of ether oxygens (including phenoxy) is 1. The molecule has 0 bridgehead atoms. The molecule has 0 radical (unpaired) electrons. The fraction of sp³-hybridized carbons (Fsp3) is 0.344. The standard InChI is InChI=1S/C32H33F3N4O6S2/c1-20(2)16-38(47(43,44)24-11-12-29-26(15-24)36-19-46-29)17-27(40)25(13-21-7-4-3-5-8-21)37-30(41)28-18-39(31(42)45-28)23-10-6-9-22(14-23)32(33,34)35/h3-12,14-15,19-20,25,27-28,40H,13,16-18H2,1-2H3,(H,37,41)/t25-,27+,28-/m0/s1. The van der Waals surface area contributed by atoms with Crippen molar-refractivity contribution in [3.8, 4) is 0 Å². The lowest BCUT2D eigenvalue weighted by Crippen LogP contribution is -2.53. The second-order valence-corrected chi connectivity index (χ2v) is 14.4. The summed E-state index contributed by atoms with van der Waals surface area (Å²) < 4.78 is 74.7. The Morgan fingerprint density at radius 3 is 2.55 bits per heavy atom. The van der Waals surface area contributed by atoms with Gasteiger partial charge in [0, 0.05) is 18.8 Å². The zero-order chi connectivity index (χ0) is 33.9. The largest absolute Gasteiger partial charge is 0.434 e. The van der Waals surface area contributed by atoms with E-state index in [0.29, 0.717) is 5.52 Å². The molecule has 4 aromatic rings. The molecule has 1 fully saturated rings. The van der Waals surface area contributed by atoms with Gasteiger partial charge in [0.2, 0.25) is 10.0 Å². The number of aliphatic hydroxyl groups is 1. The van der Waals surface area contributed by atoms with Crippen LogP contribution in [0.5, 0.6) is 0 Å². The highest BCUT2D eigenvalue weighted by atomic mass is 32.2. The van der Waals surface area contributed by atoms with Crippen molar-refractivity contribution in [1.29, 1.82) is 0 Å². The smallest absolute Gasteiger partial charge is 0.416 e. The summed E-state index contributed by atoms with van der Waals surface area (Å²) in [5.74, 6) is -0.901. The Bertz CT molecular complexity index is 1840. The van der Waals surface area contributed by atoms with Gasteiger partial charge in [-0.15, -0.1) is 11.3 Å². The van der Waals surface area contributed by atoms with Crippen LogP contribution in [0, 0.1) is 5.92 Å². The molecule has 1 aromatic heterocycles. The first kappa shape index (κ1) is 34.3. The topological polar surface area (TPSA) is 129 Å². The van der Waals surface area contributed by atoms with E-state index in [1.165, 1.54) is 33.8 Å². The van der Waals surface area contributed by atoms with Gasteiger partial charge in [0.05, 0.1) is 44.9 Å². The molecule has 1 aliphatic rings. The van der Waals surface area contributed by atoms with Gasteiger partial charge in [-0.3, -0.25) is 9.69 Å². The Hall–Kier alpha value is -4.05. The lowest BCUT2D eigenvalue weighted by molar-refractivity contribution is -0.137. The highest BCUT2D eigenvalue weighted by molar-refractivity contribution is 7.89. The molecule has 5 rings (SSSR count). The number of benzene rings is 3. The summed E-state index contributed by atoms with van der Waals surface area (Å²) in [4.78, 5) is 31.2. The summed E-state index contributed by atoms with van der Waals surface area (Å²) in [7, 11) is -4.10. The molecule has 1 saturated heterocycles. The molecule has 2 heterocycles. The van der Waals surface area contributed by atoms with Gasteiger partial charge in [-0.05, 0) is 54.3 Å². The van der Waals surface area contributed by atoms with Crippen LogP contribution in [0.25, 0.3) is 10.2 Å². The molecule has 2 amide bonds. The van der Waals surface area contributed by atoms with Crippen LogP contribution in [-0.2, 0) is 32.2 Å². The number of carbonyl (C=O) groups excluding carboxylic acids is 2. The molecule has 47 heavy (non-hydrogen) atoms. The number of carbonyl (C=O) groups is 2.